The standard InChI is InChI=1S/C10H9N5O5/c1-2-20-10-6(14(16)17)3-5-8(11)7(15(18)19)4-12-9(5)13-10/h3-4H,2H2,1H3,(H2,11,12,13). The van der Waals surface area contributed by atoms with Crippen LogP contribution < -0.4 is 10.5 Å². The number of ether oxygens (including phenoxy) is 1. The van der Waals surface area contributed by atoms with Crippen LogP contribution in [0.15, 0.2) is 12.3 Å². The van der Waals surface area contributed by atoms with Crippen LogP contribution in [0.25, 0.3) is 11.0 Å². The highest BCUT2D eigenvalue weighted by Crippen LogP contribution is 2.34. The highest BCUT2D eigenvalue weighted by Gasteiger charge is 2.23. The van der Waals surface area contributed by atoms with Crippen molar-refractivity contribution >= 4 is 28.1 Å². The van der Waals surface area contributed by atoms with Gasteiger partial charge >= 0.3 is 11.4 Å². The summed E-state index contributed by atoms with van der Waals surface area (Å²) in [6.45, 7) is 1.83. The Morgan fingerprint density at radius 3 is 2.50 bits per heavy atom. The number of aromatic nitrogens is 2. The molecule has 2 aromatic heterocycles. The third-order valence-electron chi connectivity index (χ3n) is 2.50. The molecular formula is C10H9N5O5. The van der Waals surface area contributed by atoms with Crippen LogP contribution in [-0.2, 0) is 0 Å². The summed E-state index contributed by atoms with van der Waals surface area (Å²) in [6, 6.07) is 1.07. The van der Waals surface area contributed by atoms with Crippen LogP contribution >= 0.6 is 0 Å². The summed E-state index contributed by atoms with van der Waals surface area (Å²) in [6.07, 6.45) is 0.951. The number of hydrogen-bond donors (Lipinski definition) is 1. The van der Waals surface area contributed by atoms with Crippen LogP contribution in [0.3, 0.4) is 0 Å². The Morgan fingerprint density at radius 2 is 1.95 bits per heavy atom. The second-order valence-electron chi connectivity index (χ2n) is 3.69. The number of fused-ring (bicyclic) bond motifs is 1. The fraction of sp³-hybridized carbons (Fsp3) is 0.200. The molecule has 2 N–H and O–H groups in total. The zero-order valence-corrected chi connectivity index (χ0v) is 10.3. The number of hydrogen-bond acceptors (Lipinski definition) is 8. The van der Waals surface area contributed by atoms with E-state index in [0.29, 0.717) is 0 Å². The molecule has 0 saturated heterocycles. The molecule has 10 heteroatoms. The summed E-state index contributed by atoms with van der Waals surface area (Å²) < 4.78 is 5.06. The molecule has 2 heterocycles. The topological polar surface area (TPSA) is 147 Å². The number of rotatable bonds is 4. The van der Waals surface area contributed by atoms with Crippen LogP contribution in [0.4, 0.5) is 17.1 Å². The Hall–Kier alpha value is -3.04. The Bertz CT molecular complexity index is 717. The van der Waals surface area contributed by atoms with Gasteiger partial charge in [-0.25, -0.2) is 4.98 Å². The van der Waals surface area contributed by atoms with Crippen molar-refractivity contribution in [1.82, 2.24) is 9.97 Å². The van der Waals surface area contributed by atoms with E-state index in [4.69, 9.17) is 10.5 Å². The smallest absolute Gasteiger partial charge is 0.331 e. The van der Waals surface area contributed by atoms with Crippen LogP contribution in [0.5, 0.6) is 5.88 Å². The lowest BCUT2D eigenvalue weighted by molar-refractivity contribution is -0.386. The maximum absolute atomic E-state index is 11.0. The Labute approximate surface area is 111 Å². The summed E-state index contributed by atoms with van der Waals surface area (Å²) in [5.41, 5.74) is 4.59. The molecule has 2 aromatic rings. The zero-order valence-electron chi connectivity index (χ0n) is 10.3. The van der Waals surface area contributed by atoms with Crippen molar-refractivity contribution in [1.29, 1.82) is 0 Å². The minimum absolute atomic E-state index is 0.0364. The van der Waals surface area contributed by atoms with Gasteiger partial charge in [-0.3, -0.25) is 20.2 Å². The van der Waals surface area contributed by atoms with E-state index < -0.39 is 21.2 Å². The lowest BCUT2D eigenvalue weighted by Crippen LogP contribution is -2.03. The van der Waals surface area contributed by atoms with Crippen LogP contribution in [0, 0.1) is 20.2 Å². The van der Waals surface area contributed by atoms with Crippen LogP contribution in [-0.4, -0.2) is 26.4 Å². The maximum atomic E-state index is 11.0. The predicted molar refractivity (Wildman–Crippen MR) is 68.4 cm³/mol. The first kappa shape index (κ1) is 13.4. The van der Waals surface area contributed by atoms with E-state index in [1.54, 1.807) is 6.92 Å². The molecule has 0 aromatic carbocycles. The van der Waals surface area contributed by atoms with Crippen molar-refractivity contribution in [3.05, 3.63) is 32.5 Å². The Kier molecular flexibility index (Phi) is 3.29. The quantitative estimate of drug-likeness (QED) is 0.652. The molecule has 0 spiro atoms. The van der Waals surface area contributed by atoms with Gasteiger partial charge < -0.3 is 10.5 Å². The monoisotopic (exact) mass is 279 g/mol. The van der Waals surface area contributed by atoms with Crippen LogP contribution in [0.2, 0.25) is 0 Å². The van der Waals surface area contributed by atoms with Crippen molar-refractivity contribution < 1.29 is 14.6 Å². The van der Waals surface area contributed by atoms with Gasteiger partial charge in [0.1, 0.15) is 11.9 Å². The van der Waals surface area contributed by atoms with Crippen molar-refractivity contribution in [3.8, 4) is 5.88 Å². The molecule has 0 unspecified atom stereocenters. The SMILES string of the molecule is CCOc1nc2ncc([N+](=O)[O-])c(N)c2cc1[N+](=O)[O-]. The second-order valence-corrected chi connectivity index (χ2v) is 3.69. The van der Waals surface area contributed by atoms with Crippen molar-refractivity contribution in [2.45, 2.75) is 6.92 Å². The van der Waals surface area contributed by atoms with E-state index >= 15 is 0 Å². The second kappa shape index (κ2) is 4.91. The van der Waals surface area contributed by atoms with E-state index in [-0.39, 0.29) is 29.2 Å². The van der Waals surface area contributed by atoms with Gasteiger partial charge in [-0.2, -0.15) is 4.98 Å². The highest BCUT2D eigenvalue weighted by molar-refractivity contribution is 5.94. The molecule has 0 radical (unpaired) electrons. The summed E-state index contributed by atoms with van der Waals surface area (Å²) in [5, 5.41) is 21.8. The third kappa shape index (κ3) is 2.13. The van der Waals surface area contributed by atoms with E-state index in [1.807, 2.05) is 0 Å². The fourth-order valence-corrected chi connectivity index (χ4v) is 1.62. The number of pyridine rings is 2. The summed E-state index contributed by atoms with van der Waals surface area (Å²) >= 11 is 0. The lowest BCUT2D eigenvalue weighted by atomic mass is 10.2. The molecule has 104 valence electrons. The molecule has 0 aliphatic heterocycles. The van der Waals surface area contributed by atoms with Crippen molar-refractivity contribution in [2.75, 3.05) is 12.3 Å². The molecule has 0 saturated carbocycles. The minimum atomic E-state index is -0.718. The molecule has 0 aliphatic rings. The Balaban J connectivity index is 2.77. The summed E-state index contributed by atoms with van der Waals surface area (Å²) in [7, 11) is 0. The average molecular weight is 279 g/mol. The van der Waals surface area contributed by atoms with Gasteiger partial charge in [0.2, 0.25) is 0 Å². The van der Waals surface area contributed by atoms with E-state index in [0.717, 1.165) is 12.3 Å². The largest absolute Gasteiger partial charge is 0.473 e. The zero-order chi connectivity index (χ0) is 14.9. The van der Waals surface area contributed by atoms with Gasteiger partial charge in [-0.1, -0.05) is 0 Å². The maximum Gasteiger partial charge on any atom is 0.331 e. The molecule has 0 bridgehead atoms. The lowest BCUT2D eigenvalue weighted by Gasteiger charge is -2.06. The van der Waals surface area contributed by atoms with Gasteiger partial charge in [0.15, 0.2) is 5.65 Å². The van der Waals surface area contributed by atoms with Crippen molar-refractivity contribution in [2.24, 2.45) is 0 Å². The normalized spacial score (nSPS) is 10.4. The molecule has 0 amide bonds. The van der Waals surface area contributed by atoms with Crippen LogP contribution in [0.1, 0.15) is 6.92 Å². The van der Waals surface area contributed by atoms with E-state index in [1.165, 1.54) is 0 Å². The highest BCUT2D eigenvalue weighted by atomic mass is 16.6. The van der Waals surface area contributed by atoms with Crippen molar-refractivity contribution in [3.63, 3.8) is 0 Å². The van der Waals surface area contributed by atoms with Gasteiger partial charge in [0.25, 0.3) is 5.88 Å². The summed E-state index contributed by atoms with van der Waals surface area (Å²) in [4.78, 5) is 27.9. The number of anilines is 1. The number of nitrogens with two attached hydrogens (primary N) is 1. The molecule has 0 atom stereocenters. The molecule has 20 heavy (non-hydrogen) atoms. The molecule has 0 fully saturated rings. The third-order valence-corrected chi connectivity index (χ3v) is 2.50. The average Bonchev–Trinajstić information content (AvgIpc) is 2.38. The van der Waals surface area contributed by atoms with E-state index in [2.05, 4.69) is 9.97 Å². The fourth-order valence-electron chi connectivity index (χ4n) is 1.62. The first-order valence-corrected chi connectivity index (χ1v) is 5.46. The predicted octanol–water partition coefficient (Wildman–Crippen LogP) is 1.43. The van der Waals surface area contributed by atoms with Gasteiger partial charge in [0, 0.05) is 6.07 Å². The van der Waals surface area contributed by atoms with Gasteiger partial charge in [-0.05, 0) is 6.92 Å². The Morgan fingerprint density at radius 1 is 1.30 bits per heavy atom. The van der Waals surface area contributed by atoms with Gasteiger partial charge in [0.05, 0.1) is 21.8 Å². The first-order valence-electron chi connectivity index (χ1n) is 5.46. The number of nitrogen functional groups attached to an aromatic ring is 1. The molecule has 10 nitrogen and oxygen atoms in total. The van der Waals surface area contributed by atoms with Gasteiger partial charge in [-0.15, -0.1) is 0 Å². The molecule has 2 rings (SSSR count). The molecule has 0 aliphatic carbocycles. The number of nitrogens with zero attached hydrogens (tertiary/aromatic N) is 4. The van der Waals surface area contributed by atoms with E-state index in [9.17, 15) is 20.2 Å². The first-order chi connectivity index (χ1) is 9.45. The minimum Gasteiger partial charge on any atom is -0.473 e. The molecular weight excluding hydrogens is 270 g/mol. The number of nitro groups is 2. The summed E-state index contributed by atoms with van der Waals surface area (Å²) in [5.74, 6) is -0.203.